The van der Waals surface area contributed by atoms with Gasteiger partial charge in [0.15, 0.2) is 0 Å². The minimum absolute atomic E-state index is 0.317. The first-order valence-electron chi connectivity index (χ1n) is 11.2. The van der Waals surface area contributed by atoms with E-state index in [1.807, 2.05) is 18.2 Å². The second-order valence-electron chi connectivity index (χ2n) is 8.02. The van der Waals surface area contributed by atoms with Crippen LogP contribution in [0.1, 0.15) is 29.6 Å². The van der Waals surface area contributed by atoms with E-state index in [9.17, 15) is 9.59 Å². The average molecular weight is 479 g/mol. The van der Waals surface area contributed by atoms with Gasteiger partial charge in [0.2, 0.25) is 0 Å². The van der Waals surface area contributed by atoms with Gasteiger partial charge in [0.05, 0.1) is 29.1 Å². The molecule has 1 aliphatic heterocycles. The number of carbonyl (C=O) groups is 2. The zero-order valence-electron chi connectivity index (χ0n) is 18.9. The lowest BCUT2D eigenvalue weighted by molar-refractivity contribution is 0.102. The van der Waals surface area contributed by atoms with Crippen molar-refractivity contribution in [3.05, 3.63) is 77.3 Å². The fraction of sp³-hybridized carbons (Fsp3) is 0.231. The van der Waals surface area contributed by atoms with E-state index in [2.05, 4.69) is 20.9 Å². The highest BCUT2D eigenvalue weighted by molar-refractivity contribution is 6.34. The molecule has 34 heavy (non-hydrogen) atoms. The van der Waals surface area contributed by atoms with Crippen LogP contribution in [-0.2, 0) is 0 Å². The van der Waals surface area contributed by atoms with Crippen LogP contribution >= 0.6 is 11.6 Å². The molecule has 0 bridgehead atoms. The van der Waals surface area contributed by atoms with Gasteiger partial charge in [-0.1, -0.05) is 29.8 Å². The van der Waals surface area contributed by atoms with Gasteiger partial charge in [0.25, 0.3) is 5.91 Å². The number of methoxy groups -OCH3 is 1. The first kappa shape index (κ1) is 23.4. The van der Waals surface area contributed by atoms with Gasteiger partial charge in [-0.05, 0) is 61.7 Å². The molecule has 8 heteroatoms. The van der Waals surface area contributed by atoms with E-state index in [4.69, 9.17) is 16.3 Å². The van der Waals surface area contributed by atoms with Crippen LogP contribution in [0, 0.1) is 0 Å². The molecule has 1 heterocycles. The molecule has 0 aromatic heterocycles. The highest BCUT2D eigenvalue weighted by Crippen LogP contribution is 2.32. The van der Waals surface area contributed by atoms with Crippen molar-refractivity contribution >= 4 is 46.3 Å². The van der Waals surface area contributed by atoms with Crippen molar-refractivity contribution in [1.82, 2.24) is 0 Å². The molecule has 0 saturated carbocycles. The van der Waals surface area contributed by atoms with Crippen molar-refractivity contribution in [2.24, 2.45) is 0 Å². The summed E-state index contributed by atoms with van der Waals surface area (Å²) in [5, 5.41) is 9.04. The number of anilines is 4. The number of carbonyl (C=O) groups excluding carboxylic acids is 2. The van der Waals surface area contributed by atoms with Crippen molar-refractivity contribution in [3.8, 4) is 5.75 Å². The molecule has 0 aliphatic carbocycles. The van der Waals surface area contributed by atoms with Crippen LogP contribution in [0.2, 0.25) is 5.02 Å². The lowest BCUT2D eigenvalue weighted by Gasteiger charge is -2.31. The number of piperidine rings is 1. The molecular weight excluding hydrogens is 452 g/mol. The van der Waals surface area contributed by atoms with Gasteiger partial charge in [0, 0.05) is 30.5 Å². The van der Waals surface area contributed by atoms with E-state index in [0.717, 1.165) is 31.6 Å². The van der Waals surface area contributed by atoms with Crippen LogP contribution < -0.4 is 25.6 Å². The number of urea groups is 1. The van der Waals surface area contributed by atoms with Gasteiger partial charge in [0.1, 0.15) is 5.75 Å². The van der Waals surface area contributed by atoms with Gasteiger partial charge in [-0.25, -0.2) is 4.79 Å². The van der Waals surface area contributed by atoms with E-state index >= 15 is 0 Å². The van der Waals surface area contributed by atoms with Gasteiger partial charge in [-0.2, -0.15) is 0 Å². The lowest BCUT2D eigenvalue weighted by Crippen LogP contribution is -2.31. The second-order valence-corrected chi connectivity index (χ2v) is 8.43. The summed E-state index contributed by atoms with van der Waals surface area (Å²) >= 11 is 6.17. The topological polar surface area (TPSA) is 82.7 Å². The van der Waals surface area contributed by atoms with Gasteiger partial charge < -0.3 is 25.6 Å². The Morgan fingerprint density at radius 3 is 2.38 bits per heavy atom. The number of hydrogen-bond donors (Lipinski definition) is 3. The molecule has 0 atom stereocenters. The zero-order chi connectivity index (χ0) is 23.9. The van der Waals surface area contributed by atoms with Crippen molar-refractivity contribution in [3.63, 3.8) is 0 Å². The molecular formula is C26H27ClN4O3. The van der Waals surface area contributed by atoms with Crippen LogP contribution in [0.4, 0.5) is 27.5 Å². The second kappa shape index (κ2) is 10.9. The van der Waals surface area contributed by atoms with Crippen molar-refractivity contribution in [2.75, 3.05) is 41.0 Å². The lowest BCUT2D eigenvalue weighted by atomic mass is 10.1. The molecule has 3 amide bonds. The predicted octanol–water partition coefficient (Wildman–Crippen LogP) is 6.24. The largest absolute Gasteiger partial charge is 0.497 e. The third-order valence-corrected chi connectivity index (χ3v) is 5.98. The van der Waals surface area contributed by atoms with Crippen LogP contribution in [-0.4, -0.2) is 32.1 Å². The van der Waals surface area contributed by atoms with Gasteiger partial charge in [-0.3, -0.25) is 4.79 Å². The summed E-state index contributed by atoms with van der Waals surface area (Å²) in [7, 11) is 1.58. The standard InChI is InChI=1S/C26H27ClN4O3/c1-34-20-9-7-8-18(16-20)29-26(33)30-23-17-19(12-13-24(23)31-14-5-2-6-15-31)28-25(32)21-10-3-4-11-22(21)27/h3-4,7-13,16-17H,2,5-6,14-15H2,1H3,(H,28,32)(H2,29,30,33). The number of hydrogen-bond acceptors (Lipinski definition) is 4. The summed E-state index contributed by atoms with van der Waals surface area (Å²) in [5.74, 6) is 0.333. The monoisotopic (exact) mass is 478 g/mol. The Hall–Kier alpha value is -3.71. The maximum atomic E-state index is 12.8. The fourth-order valence-electron chi connectivity index (χ4n) is 3.95. The van der Waals surface area contributed by atoms with Crippen LogP contribution in [0.15, 0.2) is 66.7 Å². The van der Waals surface area contributed by atoms with Crippen LogP contribution in [0.5, 0.6) is 5.75 Å². The number of halogens is 1. The Morgan fingerprint density at radius 1 is 0.853 bits per heavy atom. The number of amides is 3. The van der Waals surface area contributed by atoms with Crippen molar-refractivity contribution < 1.29 is 14.3 Å². The number of ether oxygens (including phenoxy) is 1. The number of nitrogens with one attached hydrogen (secondary N) is 3. The third kappa shape index (κ3) is 5.80. The van der Waals surface area contributed by atoms with Crippen molar-refractivity contribution in [1.29, 1.82) is 0 Å². The highest BCUT2D eigenvalue weighted by atomic mass is 35.5. The van der Waals surface area contributed by atoms with E-state index in [0.29, 0.717) is 33.4 Å². The molecule has 1 saturated heterocycles. The Labute approximate surface area is 204 Å². The molecule has 176 valence electrons. The quantitative estimate of drug-likeness (QED) is 0.392. The molecule has 7 nitrogen and oxygen atoms in total. The number of benzene rings is 3. The number of rotatable bonds is 6. The Bertz CT molecular complexity index is 1180. The van der Waals surface area contributed by atoms with E-state index in [-0.39, 0.29) is 11.9 Å². The molecule has 1 fully saturated rings. The Balaban J connectivity index is 1.56. The van der Waals surface area contributed by atoms with Gasteiger partial charge in [-0.15, -0.1) is 0 Å². The summed E-state index contributed by atoms with van der Waals surface area (Å²) in [4.78, 5) is 27.8. The summed E-state index contributed by atoms with van der Waals surface area (Å²) < 4.78 is 5.22. The highest BCUT2D eigenvalue weighted by Gasteiger charge is 2.18. The molecule has 3 N–H and O–H groups in total. The molecule has 3 aromatic carbocycles. The smallest absolute Gasteiger partial charge is 0.323 e. The minimum atomic E-state index is -0.388. The fourth-order valence-corrected chi connectivity index (χ4v) is 4.18. The molecule has 0 radical (unpaired) electrons. The predicted molar refractivity (Wildman–Crippen MR) is 138 cm³/mol. The van der Waals surface area contributed by atoms with Crippen LogP contribution in [0.3, 0.4) is 0 Å². The normalized spacial score (nSPS) is 13.2. The SMILES string of the molecule is COc1cccc(NC(=O)Nc2cc(NC(=O)c3ccccc3Cl)ccc2N2CCCCC2)c1. The summed E-state index contributed by atoms with van der Waals surface area (Å²) in [6.07, 6.45) is 3.39. The van der Waals surface area contributed by atoms with Gasteiger partial charge >= 0.3 is 6.03 Å². The minimum Gasteiger partial charge on any atom is -0.497 e. The third-order valence-electron chi connectivity index (χ3n) is 5.65. The molecule has 0 unspecified atom stereocenters. The first-order valence-corrected chi connectivity index (χ1v) is 11.6. The maximum absolute atomic E-state index is 12.8. The number of nitrogens with zero attached hydrogens (tertiary/aromatic N) is 1. The Morgan fingerprint density at radius 2 is 1.62 bits per heavy atom. The first-order chi connectivity index (χ1) is 16.5. The van der Waals surface area contributed by atoms with E-state index < -0.39 is 0 Å². The van der Waals surface area contributed by atoms with Crippen LogP contribution in [0.25, 0.3) is 0 Å². The molecule has 1 aliphatic rings. The molecule has 0 spiro atoms. The van der Waals surface area contributed by atoms with E-state index in [1.54, 1.807) is 55.6 Å². The Kier molecular flexibility index (Phi) is 7.54. The zero-order valence-corrected chi connectivity index (χ0v) is 19.7. The summed E-state index contributed by atoms with van der Waals surface area (Å²) in [6, 6.07) is 19.2. The maximum Gasteiger partial charge on any atom is 0.323 e. The summed E-state index contributed by atoms with van der Waals surface area (Å²) in [6.45, 7) is 1.83. The molecule has 3 aromatic rings. The van der Waals surface area contributed by atoms with E-state index in [1.165, 1.54) is 6.42 Å². The molecule has 4 rings (SSSR count). The average Bonchev–Trinajstić information content (AvgIpc) is 2.85. The van der Waals surface area contributed by atoms with Crippen molar-refractivity contribution in [2.45, 2.75) is 19.3 Å². The summed E-state index contributed by atoms with van der Waals surface area (Å²) in [5.41, 5.74) is 3.08.